The van der Waals surface area contributed by atoms with E-state index in [2.05, 4.69) is 0 Å². The Bertz CT molecular complexity index is 490. The smallest absolute Gasteiger partial charge is 0.370 e. The zero-order valence-corrected chi connectivity index (χ0v) is 7.21. The molecule has 0 heterocycles. The number of nitrogens with two attached hydrogens (primary N) is 1. The van der Waals surface area contributed by atoms with Gasteiger partial charge in [-0.15, -0.1) is 0 Å². The second-order valence-electron chi connectivity index (χ2n) is 2.53. The topological polar surface area (TPSA) is 136 Å². The molecule has 0 atom stereocenters. The van der Waals surface area contributed by atoms with E-state index in [0.717, 1.165) is 12.1 Å². The van der Waals surface area contributed by atoms with Crippen molar-refractivity contribution in [2.75, 3.05) is 5.73 Å². The maximum absolute atomic E-state index is 10.6. The van der Waals surface area contributed by atoms with Crippen LogP contribution in [0.1, 0.15) is 5.56 Å². The minimum absolute atomic E-state index is 0.342. The molecule has 0 saturated carbocycles. The molecule has 0 unspecified atom stereocenters. The van der Waals surface area contributed by atoms with Crippen LogP contribution in [-0.2, 0) is 0 Å². The Kier molecular flexibility index (Phi) is 2.48. The maximum Gasteiger partial charge on any atom is 0.370 e. The molecule has 15 heavy (non-hydrogen) atoms. The molecule has 0 aromatic heterocycles. The number of nitro groups is 2. The minimum atomic E-state index is -0.993. The number of nitrogens with zero attached hydrogens (tertiary/aromatic N) is 3. The van der Waals surface area contributed by atoms with Crippen LogP contribution in [0.15, 0.2) is 12.1 Å². The molecule has 8 nitrogen and oxygen atoms in total. The summed E-state index contributed by atoms with van der Waals surface area (Å²) in [5.41, 5.74) is 2.78. The summed E-state index contributed by atoms with van der Waals surface area (Å²) in [6.45, 7) is 0. The molecule has 0 radical (unpaired) electrons. The average Bonchev–Trinajstić information content (AvgIpc) is 2.16. The van der Waals surface area contributed by atoms with Crippen LogP contribution in [0.2, 0.25) is 0 Å². The molecule has 0 saturated heterocycles. The van der Waals surface area contributed by atoms with E-state index in [1.165, 1.54) is 6.07 Å². The lowest BCUT2D eigenvalue weighted by molar-refractivity contribution is -0.422. The lowest BCUT2D eigenvalue weighted by atomic mass is 10.1. The van der Waals surface area contributed by atoms with Gasteiger partial charge in [-0.25, -0.2) is 0 Å². The minimum Gasteiger partial charge on any atom is -0.393 e. The molecule has 0 aliphatic carbocycles. The molecule has 2 N–H and O–H groups in total. The maximum atomic E-state index is 10.6. The van der Waals surface area contributed by atoms with Crippen LogP contribution in [0.25, 0.3) is 0 Å². The normalized spacial score (nSPS) is 9.27. The van der Waals surface area contributed by atoms with Gasteiger partial charge < -0.3 is 5.73 Å². The lowest BCUT2D eigenvalue weighted by Gasteiger charge is -1.99. The fourth-order valence-electron chi connectivity index (χ4n) is 1.06. The molecule has 0 aliphatic heterocycles. The number of nitriles is 1. The van der Waals surface area contributed by atoms with Gasteiger partial charge in [0, 0.05) is 0 Å². The number of hydrogen-bond acceptors (Lipinski definition) is 6. The Balaban J connectivity index is 3.68. The van der Waals surface area contributed by atoms with E-state index < -0.39 is 21.2 Å². The van der Waals surface area contributed by atoms with E-state index in [-0.39, 0.29) is 11.3 Å². The molecule has 1 rings (SSSR count). The van der Waals surface area contributed by atoms with E-state index in [1.54, 1.807) is 0 Å². The highest BCUT2D eigenvalue weighted by Crippen LogP contribution is 2.35. The lowest BCUT2D eigenvalue weighted by Crippen LogP contribution is -2.02. The van der Waals surface area contributed by atoms with Crippen molar-refractivity contribution < 1.29 is 9.85 Å². The molecule has 8 heteroatoms. The van der Waals surface area contributed by atoms with Gasteiger partial charge in [0.25, 0.3) is 0 Å². The van der Waals surface area contributed by atoms with Gasteiger partial charge in [-0.2, -0.15) is 5.26 Å². The molecule has 0 bridgehead atoms. The average molecular weight is 208 g/mol. The summed E-state index contributed by atoms with van der Waals surface area (Å²) < 4.78 is 0. The summed E-state index contributed by atoms with van der Waals surface area (Å²) in [6, 6.07) is 3.65. The Morgan fingerprint density at radius 1 is 1.20 bits per heavy atom. The predicted molar refractivity (Wildman–Crippen MR) is 48.9 cm³/mol. The summed E-state index contributed by atoms with van der Waals surface area (Å²) in [6.07, 6.45) is 0. The van der Waals surface area contributed by atoms with Gasteiger partial charge in [-0.05, 0) is 12.1 Å². The molecule has 1 aromatic carbocycles. The monoisotopic (exact) mass is 208 g/mol. The number of benzene rings is 1. The standard InChI is InChI=1S/C7H4N4O4/c8-3-4-1-2-5(9)7(11(14)15)6(4)10(12)13/h1-2H,9H2. The molecule has 0 aliphatic rings. The van der Waals surface area contributed by atoms with E-state index in [9.17, 15) is 20.2 Å². The summed E-state index contributed by atoms with van der Waals surface area (Å²) in [4.78, 5) is 19.1. The Morgan fingerprint density at radius 3 is 2.13 bits per heavy atom. The second kappa shape index (κ2) is 3.59. The van der Waals surface area contributed by atoms with E-state index in [4.69, 9.17) is 11.0 Å². The van der Waals surface area contributed by atoms with Crippen molar-refractivity contribution in [2.45, 2.75) is 0 Å². The third kappa shape index (κ3) is 1.66. The summed E-state index contributed by atoms with van der Waals surface area (Å²) in [7, 11) is 0. The first kappa shape index (κ1) is 10.4. The predicted octanol–water partition coefficient (Wildman–Crippen LogP) is 0.957. The molecule has 0 amide bonds. The Hall–Kier alpha value is -2.69. The number of nitrogen functional groups attached to an aromatic ring is 1. The summed E-state index contributed by atoms with van der Waals surface area (Å²) in [5, 5.41) is 29.6. The van der Waals surface area contributed by atoms with Crippen LogP contribution in [0.4, 0.5) is 17.1 Å². The van der Waals surface area contributed by atoms with Gasteiger partial charge in [-0.3, -0.25) is 20.2 Å². The van der Waals surface area contributed by atoms with E-state index in [1.807, 2.05) is 0 Å². The van der Waals surface area contributed by atoms with Crippen LogP contribution in [-0.4, -0.2) is 9.85 Å². The fourth-order valence-corrected chi connectivity index (χ4v) is 1.06. The number of hydrogen-bond donors (Lipinski definition) is 1. The third-order valence-electron chi connectivity index (χ3n) is 1.67. The first-order valence-corrected chi connectivity index (χ1v) is 3.60. The fraction of sp³-hybridized carbons (Fsp3) is 0. The second-order valence-corrected chi connectivity index (χ2v) is 2.53. The van der Waals surface area contributed by atoms with Gasteiger partial charge >= 0.3 is 11.4 Å². The molecule has 76 valence electrons. The van der Waals surface area contributed by atoms with Crippen molar-refractivity contribution in [3.8, 4) is 6.07 Å². The summed E-state index contributed by atoms with van der Waals surface area (Å²) >= 11 is 0. The SMILES string of the molecule is N#Cc1ccc(N)c([N+](=O)[O-])c1[N+](=O)[O-]. The molecule has 0 fully saturated rings. The van der Waals surface area contributed by atoms with Crippen LogP contribution in [0.3, 0.4) is 0 Å². The van der Waals surface area contributed by atoms with Crippen molar-refractivity contribution in [1.29, 1.82) is 5.26 Å². The first-order valence-electron chi connectivity index (χ1n) is 3.60. The van der Waals surface area contributed by atoms with Gasteiger partial charge in [0.15, 0.2) is 0 Å². The van der Waals surface area contributed by atoms with Gasteiger partial charge in [0.2, 0.25) is 0 Å². The number of rotatable bonds is 2. The Morgan fingerprint density at radius 2 is 1.73 bits per heavy atom. The zero-order valence-electron chi connectivity index (χ0n) is 7.21. The zero-order chi connectivity index (χ0) is 11.6. The number of anilines is 1. The highest BCUT2D eigenvalue weighted by Gasteiger charge is 2.31. The third-order valence-corrected chi connectivity index (χ3v) is 1.67. The quantitative estimate of drug-likeness (QED) is 0.436. The molecule has 1 aromatic rings. The molecular weight excluding hydrogens is 204 g/mol. The van der Waals surface area contributed by atoms with Crippen molar-refractivity contribution >= 4 is 17.1 Å². The van der Waals surface area contributed by atoms with Crippen LogP contribution < -0.4 is 5.73 Å². The van der Waals surface area contributed by atoms with Crippen LogP contribution in [0.5, 0.6) is 0 Å². The first-order chi connectivity index (χ1) is 6.99. The van der Waals surface area contributed by atoms with Gasteiger partial charge in [0.1, 0.15) is 17.3 Å². The largest absolute Gasteiger partial charge is 0.393 e. The van der Waals surface area contributed by atoms with E-state index in [0.29, 0.717) is 0 Å². The highest BCUT2D eigenvalue weighted by atomic mass is 16.6. The Labute approximate surface area is 82.8 Å². The van der Waals surface area contributed by atoms with Crippen LogP contribution in [0, 0.1) is 31.6 Å². The number of nitro benzene ring substituents is 2. The summed E-state index contributed by atoms with van der Waals surface area (Å²) in [5.74, 6) is 0. The van der Waals surface area contributed by atoms with Crippen LogP contribution >= 0.6 is 0 Å². The van der Waals surface area contributed by atoms with E-state index >= 15 is 0 Å². The van der Waals surface area contributed by atoms with Crippen molar-refractivity contribution in [1.82, 2.24) is 0 Å². The molecular formula is C7H4N4O4. The van der Waals surface area contributed by atoms with Crippen molar-refractivity contribution in [3.63, 3.8) is 0 Å². The highest BCUT2D eigenvalue weighted by molar-refractivity contribution is 5.74. The van der Waals surface area contributed by atoms with Gasteiger partial charge in [-0.1, -0.05) is 0 Å². The van der Waals surface area contributed by atoms with Gasteiger partial charge in [0.05, 0.1) is 9.85 Å². The van der Waals surface area contributed by atoms with Crippen molar-refractivity contribution in [2.24, 2.45) is 0 Å². The van der Waals surface area contributed by atoms with Crippen molar-refractivity contribution in [3.05, 3.63) is 37.9 Å². The molecule has 0 spiro atoms.